The van der Waals surface area contributed by atoms with Crippen molar-refractivity contribution in [1.82, 2.24) is 19.4 Å². The minimum absolute atomic E-state index is 0.00394. The molecule has 3 heterocycles. The van der Waals surface area contributed by atoms with Crippen LogP contribution in [-0.2, 0) is 66.5 Å². The molecule has 2 fully saturated rings. The quantitative estimate of drug-likeness (QED) is 0.0320. The summed E-state index contributed by atoms with van der Waals surface area (Å²) in [5.41, 5.74) is 0.587. The highest BCUT2D eigenvalue weighted by Gasteiger charge is 2.20. The van der Waals surface area contributed by atoms with E-state index in [4.69, 9.17) is 57.6 Å². The molecule has 0 spiro atoms. The van der Waals surface area contributed by atoms with E-state index in [0.29, 0.717) is 71.1 Å². The molecule has 23 nitrogen and oxygen atoms in total. The van der Waals surface area contributed by atoms with Gasteiger partial charge in [0, 0.05) is 62.6 Å². The second-order valence-electron chi connectivity index (χ2n) is 14.5. The predicted octanol–water partition coefficient (Wildman–Crippen LogP) is 5.41. The van der Waals surface area contributed by atoms with E-state index in [-0.39, 0.29) is 63.6 Å². The zero-order valence-electron chi connectivity index (χ0n) is 41.5. The Bertz CT molecular complexity index is 1670. The van der Waals surface area contributed by atoms with Gasteiger partial charge < -0.3 is 67.4 Å². The normalized spacial score (nSPS) is 11.9. The number of carbonyl (C=O) groups excluding carboxylic acids is 7. The van der Waals surface area contributed by atoms with Crippen molar-refractivity contribution in [3.05, 3.63) is 81.5 Å². The van der Waals surface area contributed by atoms with E-state index in [1.54, 1.807) is 16.7 Å². The summed E-state index contributed by atoms with van der Waals surface area (Å²) in [5, 5.41) is 16.7. The number of carbonyl (C=O) groups is 7. The van der Waals surface area contributed by atoms with Gasteiger partial charge in [-0.3, -0.25) is 9.59 Å². The maximum atomic E-state index is 11.3. The van der Waals surface area contributed by atoms with Crippen LogP contribution in [0, 0.1) is 0 Å². The number of hydrogen-bond donors (Lipinski definition) is 2. The Balaban J connectivity index is 0. The van der Waals surface area contributed by atoms with E-state index >= 15 is 0 Å². The Hall–Kier alpha value is -6.88. The van der Waals surface area contributed by atoms with Gasteiger partial charge in [-0.25, -0.2) is 33.5 Å². The smallest absolute Gasteiger partial charge is 0.502 e. The molecule has 23 heteroatoms. The first-order valence-corrected chi connectivity index (χ1v) is 23.0. The van der Waals surface area contributed by atoms with Crippen molar-refractivity contribution in [1.29, 1.82) is 0 Å². The van der Waals surface area contributed by atoms with E-state index in [9.17, 15) is 33.6 Å². The van der Waals surface area contributed by atoms with Gasteiger partial charge in [-0.05, 0) is 65.2 Å². The standard InChI is InChI=1S/C13H19NO6.C13H22O5.C10H12N2O4.C6H11NO2.C6H12O2/c1-10(2)12(16)18-8-9-20-13(17)19-7-6-14-5-3-4-11(14)15;1-3-15-9-5-7-11-17-13(14)18-12-8-6-10-16-4-2;1-8(2)9(13)15-5-6-16-10(14)12-4-3-11-7-12;8-5-4-7-3-1-2-6(7)9;1-2-8-6-4-3-5-7/h1,3-9H2,2H3;3-4H,1-2,5-12H2;3-4,7H,1,5-6H2,2H3;8H,1-5H2;2,7H,1,3-6H2. The van der Waals surface area contributed by atoms with Crippen molar-refractivity contribution in [3.63, 3.8) is 0 Å². The molecule has 0 radical (unpaired) electrons. The number of unbranched alkanes of at least 4 members (excludes halogenated alkanes) is 3. The minimum Gasteiger partial charge on any atom is -0.502 e. The summed E-state index contributed by atoms with van der Waals surface area (Å²) in [6.45, 7) is 25.4. The van der Waals surface area contributed by atoms with Gasteiger partial charge in [0.2, 0.25) is 11.8 Å². The first kappa shape index (κ1) is 66.2. The number of aliphatic hydroxyl groups is 2. The van der Waals surface area contributed by atoms with Crippen LogP contribution < -0.4 is 0 Å². The number of esters is 2. The number of likely N-dealkylation sites (tertiary alicyclic amines) is 2. The Morgan fingerprint density at radius 2 is 0.972 bits per heavy atom. The lowest BCUT2D eigenvalue weighted by molar-refractivity contribution is -0.140. The summed E-state index contributed by atoms with van der Waals surface area (Å²) in [6.07, 6.45) is 14.3. The van der Waals surface area contributed by atoms with Gasteiger partial charge in [0.25, 0.3) is 0 Å². The molecule has 2 N–H and O–H groups in total. The van der Waals surface area contributed by atoms with Crippen LogP contribution in [0.4, 0.5) is 14.4 Å². The van der Waals surface area contributed by atoms with Crippen LogP contribution in [0.3, 0.4) is 0 Å². The number of β-amino-alcohol motifs (C(OH)–C–C–N with tert-alkyl or cyclic N) is 1. The molecule has 1 aromatic rings. The van der Waals surface area contributed by atoms with E-state index in [2.05, 4.69) is 37.9 Å². The first-order valence-electron chi connectivity index (χ1n) is 23.0. The summed E-state index contributed by atoms with van der Waals surface area (Å²) in [5.74, 6) is -0.772. The SMILES string of the molecule is C=C(C)C(=O)OCCOC(=O)OCCN1CCCC1=O.C=C(C)C(=O)OCCOC(=O)n1ccnc1.C=COCCCCO.C=COCCCCOC(=O)OCCCCOC=C.O=C1CCCN1CCO. The number of aliphatic hydroxyl groups excluding tert-OH is 2. The van der Waals surface area contributed by atoms with Gasteiger partial charge in [0.05, 0.1) is 65.0 Å². The Kier molecular flexibility index (Phi) is 43.7. The Morgan fingerprint density at radius 3 is 1.37 bits per heavy atom. The minimum atomic E-state index is -0.844. The topological polar surface area (TPSA) is 277 Å². The van der Waals surface area contributed by atoms with Gasteiger partial charge in [-0.1, -0.05) is 32.9 Å². The number of ether oxygens (including phenoxy) is 10. The van der Waals surface area contributed by atoms with E-state index in [0.717, 1.165) is 57.9 Å². The number of imidazole rings is 1. The molecular formula is C48H76N4O19. The molecule has 0 atom stereocenters. The van der Waals surface area contributed by atoms with E-state index in [1.807, 2.05) is 0 Å². The molecule has 2 aliphatic heterocycles. The summed E-state index contributed by atoms with van der Waals surface area (Å²) < 4.78 is 49.3. The second-order valence-corrected chi connectivity index (χ2v) is 14.5. The first-order chi connectivity index (χ1) is 34.2. The molecule has 2 amide bonds. The van der Waals surface area contributed by atoms with Crippen LogP contribution in [0.1, 0.15) is 78.1 Å². The molecule has 3 rings (SSSR count). The lowest BCUT2D eigenvalue weighted by Gasteiger charge is -2.14. The molecule has 0 aliphatic carbocycles. The van der Waals surface area contributed by atoms with Gasteiger partial charge in [-0.2, -0.15) is 0 Å². The molecule has 1 aromatic heterocycles. The molecule has 2 saturated heterocycles. The molecular weight excluding hydrogens is 937 g/mol. The fourth-order valence-electron chi connectivity index (χ4n) is 4.97. The Labute approximate surface area is 416 Å². The largest absolute Gasteiger partial charge is 0.508 e. The van der Waals surface area contributed by atoms with Crippen LogP contribution in [0.15, 0.2) is 81.5 Å². The monoisotopic (exact) mass is 1010 g/mol. The number of amides is 2. The van der Waals surface area contributed by atoms with Gasteiger partial charge in [0.1, 0.15) is 39.4 Å². The molecule has 402 valence electrons. The third kappa shape index (κ3) is 40.7. The van der Waals surface area contributed by atoms with Crippen LogP contribution in [-0.4, -0.2) is 177 Å². The van der Waals surface area contributed by atoms with Crippen LogP contribution in [0.5, 0.6) is 0 Å². The van der Waals surface area contributed by atoms with Gasteiger partial charge in [-0.15, -0.1) is 0 Å². The Morgan fingerprint density at radius 1 is 0.563 bits per heavy atom. The molecule has 0 bridgehead atoms. The lowest BCUT2D eigenvalue weighted by Crippen LogP contribution is -2.29. The van der Waals surface area contributed by atoms with Crippen molar-refractivity contribution in [2.75, 3.05) is 105 Å². The highest BCUT2D eigenvalue weighted by Crippen LogP contribution is 2.09. The van der Waals surface area contributed by atoms with Crippen molar-refractivity contribution in [3.8, 4) is 0 Å². The predicted molar refractivity (Wildman–Crippen MR) is 257 cm³/mol. The fourth-order valence-corrected chi connectivity index (χ4v) is 4.97. The summed E-state index contributed by atoms with van der Waals surface area (Å²) in [4.78, 5) is 84.5. The molecule has 0 aromatic carbocycles. The third-order valence-electron chi connectivity index (χ3n) is 8.56. The third-order valence-corrected chi connectivity index (χ3v) is 8.56. The number of rotatable bonds is 30. The molecule has 71 heavy (non-hydrogen) atoms. The molecule has 0 unspecified atom stereocenters. The van der Waals surface area contributed by atoms with Crippen molar-refractivity contribution < 1.29 is 91.1 Å². The van der Waals surface area contributed by atoms with Crippen molar-refractivity contribution in [2.24, 2.45) is 0 Å². The number of aromatic nitrogens is 2. The maximum absolute atomic E-state index is 11.3. The zero-order chi connectivity index (χ0) is 53.3. The number of nitrogens with zero attached hydrogens (tertiary/aromatic N) is 4. The maximum Gasteiger partial charge on any atom is 0.508 e. The molecule has 2 aliphatic rings. The van der Waals surface area contributed by atoms with Gasteiger partial charge in [0.15, 0.2) is 0 Å². The highest BCUT2D eigenvalue weighted by molar-refractivity contribution is 5.87. The van der Waals surface area contributed by atoms with E-state index < -0.39 is 30.3 Å². The lowest BCUT2D eigenvalue weighted by atomic mass is 10.3. The van der Waals surface area contributed by atoms with Crippen LogP contribution >= 0.6 is 0 Å². The summed E-state index contributed by atoms with van der Waals surface area (Å²) in [6, 6.07) is 0. The van der Waals surface area contributed by atoms with Crippen LogP contribution in [0.25, 0.3) is 0 Å². The highest BCUT2D eigenvalue weighted by atomic mass is 16.7. The zero-order valence-corrected chi connectivity index (χ0v) is 41.5. The van der Waals surface area contributed by atoms with Crippen molar-refractivity contribution >= 4 is 42.2 Å². The fraction of sp³-hybridized carbons (Fsp3) is 0.583. The van der Waals surface area contributed by atoms with Crippen LogP contribution in [0.2, 0.25) is 0 Å². The molecule has 0 saturated carbocycles. The number of hydrogen-bond acceptors (Lipinski definition) is 20. The van der Waals surface area contributed by atoms with Crippen molar-refractivity contribution in [2.45, 2.75) is 78.1 Å². The summed E-state index contributed by atoms with van der Waals surface area (Å²) >= 11 is 0. The van der Waals surface area contributed by atoms with E-state index in [1.165, 1.54) is 49.0 Å². The van der Waals surface area contributed by atoms with Gasteiger partial charge >= 0.3 is 30.3 Å². The average molecular weight is 1010 g/mol. The summed E-state index contributed by atoms with van der Waals surface area (Å²) in [7, 11) is 0. The second kappa shape index (κ2) is 46.8. The average Bonchev–Trinajstić information content (AvgIpc) is 4.14.